The minimum absolute atomic E-state index is 0.204. The molecule has 0 saturated heterocycles. The number of benzene rings is 1. The van der Waals surface area contributed by atoms with E-state index in [2.05, 4.69) is 15.2 Å². The van der Waals surface area contributed by atoms with E-state index in [1.54, 1.807) is 0 Å². The van der Waals surface area contributed by atoms with Crippen molar-refractivity contribution in [3.63, 3.8) is 0 Å². The smallest absolute Gasteiger partial charge is 0.305 e. The fourth-order valence-electron chi connectivity index (χ4n) is 2.41. The maximum Gasteiger partial charge on any atom is 0.305 e. The number of hydrogen-bond donors (Lipinski definition) is 1. The van der Waals surface area contributed by atoms with Gasteiger partial charge in [0, 0.05) is 19.0 Å². The summed E-state index contributed by atoms with van der Waals surface area (Å²) in [7, 11) is 1.37. The second-order valence-corrected chi connectivity index (χ2v) is 5.84. The molecule has 0 saturated carbocycles. The lowest BCUT2D eigenvalue weighted by atomic mass is 10.2. The minimum atomic E-state index is -0.320. The number of nitrogens with zero attached hydrogens (tertiary/aromatic N) is 2. The number of carbonyl (C=O) groups excluding carboxylic acids is 2. The molecule has 0 atom stereocenters. The summed E-state index contributed by atoms with van der Waals surface area (Å²) < 4.78 is 5.85. The zero-order valence-corrected chi connectivity index (χ0v) is 14.8. The molecule has 1 heterocycles. The molecule has 1 aromatic carbocycles. The summed E-state index contributed by atoms with van der Waals surface area (Å²) in [6, 6.07) is 12.2. The van der Waals surface area contributed by atoms with Crippen LogP contribution in [0.1, 0.15) is 41.7 Å². The molecule has 0 spiro atoms. The van der Waals surface area contributed by atoms with Crippen LogP contribution in [-0.4, -0.2) is 35.3 Å². The van der Waals surface area contributed by atoms with Crippen molar-refractivity contribution in [2.45, 2.75) is 32.2 Å². The number of aromatic nitrogens is 2. The van der Waals surface area contributed by atoms with E-state index >= 15 is 0 Å². The zero-order chi connectivity index (χ0) is 18.8. The molecule has 1 amide bonds. The lowest BCUT2D eigenvalue weighted by Crippen LogP contribution is -2.30. The fraction of sp³-hybridized carbons (Fsp3) is 0.368. The molecule has 1 aromatic heterocycles. The van der Waals surface area contributed by atoms with Crippen LogP contribution in [0.3, 0.4) is 0 Å². The lowest BCUT2D eigenvalue weighted by molar-refractivity contribution is -0.140. The van der Waals surface area contributed by atoms with Crippen LogP contribution in [0.4, 0.5) is 0 Å². The highest BCUT2D eigenvalue weighted by molar-refractivity contribution is 5.91. The number of hydrogen-bond acceptors (Lipinski definition) is 5. The first-order chi connectivity index (χ1) is 12.6. The van der Waals surface area contributed by atoms with E-state index in [1.807, 2.05) is 30.3 Å². The number of unbranched alkanes of at least 4 members (excludes halogenated alkanes) is 2. The van der Waals surface area contributed by atoms with E-state index in [0.717, 1.165) is 24.8 Å². The molecule has 0 aliphatic rings. The Hall–Kier alpha value is -2.96. The Balaban J connectivity index is 1.84. The van der Waals surface area contributed by atoms with Crippen molar-refractivity contribution in [1.29, 1.82) is 0 Å². The van der Waals surface area contributed by atoms with E-state index in [4.69, 9.17) is 0 Å². The van der Waals surface area contributed by atoms with Gasteiger partial charge in [-0.1, -0.05) is 36.8 Å². The summed E-state index contributed by atoms with van der Waals surface area (Å²) in [6.45, 7) is 0.799. The van der Waals surface area contributed by atoms with Gasteiger partial charge in [0.05, 0.1) is 13.7 Å². The van der Waals surface area contributed by atoms with Gasteiger partial charge in [-0.3, -0.25) is 14.4 Å². The van der Waals surface area contributed by atoms with E-state index in [0.29, 0.717) is 19.5 Å². The molecule has 0 unspecified atom stereocenters. The number of rotatable bonds is 9. The first kappa shape index (κ1) is 19.4. The summed E-state index contributed by atoms with van der Waals surface area (Å²) in [4.78, 5) is 35.1. The largest absolute Gasteiger partial charge is 0.469 e. The Morgan fingerprint density at radius 1 is 1.08 bits per heavy atom. The van der Waals surface area contributed by atoms with Crippen molar-refractivity contribution in [2.75, 3.05) is 13.7 Å². The van der Waals surface area contributed by atoms with Crippen molar-refractivity contribution in [3.8, 4) is 0 Å². The van der Waals surface area contributed by atoms with Crippen LogP contribution in [0.25, 0.3) is 0 Å². The van der Waals surface area contributed by atoms with E-state index in [9.17, 15) is 14.4 Å². The van der Waals surface area contributed by atoms with Crippen LogP contribution in [0.15, 0.2) is 47.3 Å². The van der Waals surface area contributed by atoms with Crippen LogP contribution in [0.5, 0.6) is 0 Å². The third-order valence-corrected chi connectivity index (χ3v) is 3.85. The quantitative estimate of drug-likeness (QED) is 0.545. The van der Waals surface area contributed by atoms with Crippen LogP contribution in [-0.2, 0) is 16.1 Å². The molecule has 138 valence electrons. The topological polar surface area (TPSA) is 90.3 Å². The van der Waals surface area contributed by atoms with Crippen LogP contribution in [0.2, 0.25) is 0 Å². The third kappa shape index (κ3) is 6.16. The van der Waals surface area contributed by atoms with Gasteiger partial charge in [-0.05, 0) is 24.5 Å². The minimum Gasteiger partial charge on any atom is -0.469 e. The number of nitrogens with one attached hydrogen (secondary N) is 1. The van der Waals surface area contributed by atoms with Gasteiger partial charge in [-0.2, -0.15) is 5.10 Å². The number of methoxy groups -OCH3 is 1. The Kier molecular flexibility index (Phi) is 7.54. The maximum atomic E-state index is 12.2. The molecule has 0 aliphatic carbocycles. The van der Waals surface area contributed by atoms with Crippen LogP contribution in [0, 0.1) is 0 Å². The summed E-state index contributed by atoms with van der Waals surface area (Å²) in [5.41, 5.74) is 0.883. The van der Waals surface area contributed by atoms with Crippen LogP contribution >= 0.6 is 0 Å². The maximum absolute atomic E-state index is 12.2. The summed E-state index contributed by atoms with van der Waals surface area (Å²) in [5.74, 6) is -0.543. The van der Waals surface area contributed by atoms with Gasteiger partial charge >= 0.3 is 5.97 Å². The Morgan fingerprint density at radius 3 is 2.58 bits per heavy atom. The SMILES string of the molecule is COC(=O)CCCCCNC(=O)c1ccc(=O)n(Cc2ccccc2)n1. The van der Waals surface area contributed by atoms with Gasteiger partial charge in [-0.15, -0.1) is 0 Å². The summed E-state index contributed by atoms with van der Waals surface area (Å²) in [6.07, 6.45) is 2.68. The predicted octanol–water partition coefficient (Wildman–Crippen LogP) is 1.75. The van der Waals surface area contributed by atoms with Gasteiger partial charge in [0.1, 0.15) is 5.69 Å². The summed E-state index contributed by atoms with van der Waals surface area (Å²) >= 11 is 0. The van der Waals surface area contributed by atoms with Crippen LogP contribution < -0.4 is 10.9 Å². The van der Waals surface area contributed by atoms with Gasteiger partial charge < -0.3 is 10.1 Å². The third-order valence-electron chi connectivity index (χ3n) is 3.85. The molecule has 0 fully saturated rings. The number of amides is 1. The molecule has 0 bridgehead atoms. The van der Waals surface area contributed by atoms with Crippen molar-refractivity contribution < 1.29 is 14.3 Å². The van der Waals surface area contributed by atoms with Gasteiger partial charge in [0.2, 0.25) is 0 Å². The first-order valence-electron chi connectivity index (χ1n) is 8.57. The summed E-state index contributed by atoms with van der Waals surface area (Å²) in [5, 5.41) is 6.93. The van der Waals surface area contributed by atoms with E-state index < -0.39 is 0 Å². The molecule has 2 aromatic rings. The molecular formula is C19H23N3O4. The van der Waals surface area contributed by atoms with Crippen molar-refractivity contribution in [3.05, 3.63) is 64.1 Å². The molecule has 1 N–H and O–H groups in total. The molecule has 0 radical (unpaired) electrons. The predicted molar refractivity (Wildman–Crippen MR) is 96.9 cm³/mol. The van der Waals surface area contributed by atoms with Gasteiger partial charge in [0.25, 0.3) is 11.5 Å². The standard InChI is InChI=1S/C19H23N3O4/c1-26-18(24)10-6-3-7-13-20-19(25)16-11-12-17(23)22(21-16)14-15-8-4-2-5-9-15/h2,4-5,8-9,11-12H,3,6-7,10,13-14H2,1H3,(H,20,25). The molecule has 7 heteroatoms. The molecule has 0 aliphatic heterocycles. The highest BCUT2D eigenvalue weighted by Gasteiger charge is 2.09. The number of ether oxygens (including phenoxy) is 1. The Bertz CT molecular complexity index is 787. The van der Waals surface area contributed by atoms with Gasteiger partial charge in [0.15, 0.2) is 0 Å². The van der Waals surface area contributed by atoms with Crippen molar-refractivity contribution in [2.24, 2.45) is 0 Å². The van der Waals surface area contributed by atoms with E-state index in [-0.39, 0.29) is 23.1 Å². The van der Waals surface area contributed by atoms with E-state index in [1.165, 1.54) is 23.9 Å². The van der Waals surface area contributed by atoms with Crippen molar-refractivity contribution in [1.82, 2.24) is 15.1 Å². The Morgan fingerprint density at radius 2 is 1.85 bits per heavy atom. The fourth-order valence-corrected chi connectivity index (χ4v) is 2.41. The lowest BCUT2D eigenvalue weighted by Gasteiger charge is -2.08. The number of carbonyl (C=O) groups is 2. The molecule has 26 heavy (non-hydrogen) atoms. The first-order valence-corrected chi connectivity index (χ1v) is 8.57. The highest BCUT2D eigenvalue weighted by Crippen LogP contribution is 2.02. The molecule has 7 nitrogen and oxygen atoms in total. The Labute approximate surface area is 152 Å². The zero-order valence-electron chi connectivity index (χ0n) is 14.8. The molecular weight excluding hydrogens is 334 g/mol. The average molecular weight is 357 g/mol. The normalized spacial score (nSPS) is 10.3. The second kappa shape index (κ2) is 10.1. The monoisotopic (exact) mass is 357 g/mol. The van der Waals surface area contributed by atoms with Gasteiger partial charge in [-0.25, -0.2) is 4.68 Å². The number of esters is 1. The average Bonchev–Trinajstić information content (AvgIpc) is 2.66. The second-order valence-electron chi connectivity index (χ2n) is 5.84. The molecule has 2 rings (SSSR count). The highest BCUT2D eigenvalue weighted by atomic mass is 16.5. The van der Waals surface area contributed by atoms with Crippen molar-refractivity contribution >= 4 is 11.9 Å².